The average molecular weight is 314 g/mol. The fourth-order valence-electron chi connectivity index (χ4n) is 1.57. The summed E-state index contributed by atoms with van der Waals surface area (Å²) >= 11 is 11.8. The number of halogens is 3. The Bertz CT molecular complexity index is 662. The highest BCUT2D eigenvalue weighted by molar-refractivity contribution is 6.33. The summed E-state index contributed by atoms with van der Waals surface area (Å²) in [5, 5.41) is 0.888. The maximum Gasteiger partial charge on any atom is 0.341 e. The molecule has 0 aromatic heterocycles. The van der Waals surface area contributed by atoms with Crippen LogP contribution in [0.4, 0.5) is 10.1 Å². The lowest BCUT2D eigenvalue weighted by molar-refractivity contribution is 0.0467. The van der Waals surface area contributed by atoms with Crippen LogP contribution in [0.15, 0.2) is 36.4 Å². The third kappa shape index (κ3) is 3.40. The number of ether oxygens (including phenoxy) is 1. The molecule has 0 fully saturated rings. The molecule has 0 radical (unpaired) electrons. The number of nitrogen functional groups attached to an aromatic ring is 1. The lowest BCUT2D eigenvalue weighted by atomic mass is 10.2. The van der Waals surface area contributed by atoms with Crippen LogP contribution >= 0.6 is 23.2 Å². The largest absolute Gasteiger partial charge is 0.457 e. The van der Waals surface area contributed by atoms with Gasteiger partial charge in [-0.15, -0.1) is 0 Å². The smallest absolute Gasteiger partial charge is 0.341 e. The van der Waals surface area contributed by atoms with Gasteiger partial charge in [-0.25, -0.2) is 9.18 Å². The van der Waals surface area contributed by atoms with Crippen LogP contribution in [0, 0.1) is 5.82 Å². The fraction of sp³-hybridized carbons (Fsp3) is 0.0714. The molecule has 0 unspecified atom stereocenters. The number of hydrogen-bond donors (Lipinski definition) is 1. The van der Waals surface area contributed by atoms with Crippen molar-refractivity contribution in [2.75, 3.05) is 5.73 Å². The molecule has 0 aliphatic rings. The molecule has 0 amide bonds. The van der Waals surface area contributed by atoms with Crippen molar-refractivity contribution in [3.05, 3.63) is 63.4 Å². The van der Waals surface area contributed by atoms with Crippen molar-refractivity contribution in [2.24, 2.45) is 0 Å². The number of esters is 1. The van der Waals surface area contributed by atoms with Gasteiger partial charge in [0.05, 0.1) is 5.56 Å². The van der Waals surface area contributed by atoms with Gasteiger partial charge in [0, 0.05) is 21.3 Å². The predicted octanol–water partition coefficient (Wildman–Crippen LogP) is 4.07. The highest BCUT2D eigenvalue weighted by Crippen LogP contribution is 2.22. The predicted molar refractivity (Wildman–Crippen MR) is 76.4 cm³/mol. The first-order chi connectivity index (χ1) is 9.47. The molecule has 0 bridgehead atoms. The van der Waals surface area contributed by atoms with Crippen LogP contribution < -0.4 is 5.73 Å². The Labute approximate surface area is 125 Å². The SMILES string of the molecule is Nc1ccc(C(=O)OCc2cc(Cl)ccc2Cl)c(F)c1. The Hall–Kier alpha value is -1.78. The molecule has 20 heavy (non-hydrogen) atoms. The van der Waals surface area contributed by atoms with Crippen LogP contribution in [-0.4, -0.2) is 5.97 Å². The summed E-state index contributed by atoms with van der Waals surface area (Å²) < 4.78 is 18.5. The van der Waals surface area contributed by atoms with E-state index in [0.717, 1.165) is 6.07 Å². The number of carbonyl (C=O) groups is 1. The Balaban J connectivity index is 2.10. The molecular weight excluding hydrogens is 304 g/mol. The topological polar surface area (TPSA) is 52.3 Å². The zero-order valence-electron chi connectivity index (χ0n) is 10.2. The van der Waals surface area contributed by atoms with E-state index in [-0.39, 0.29) is 17.9 Å². The number of benzene rings is 2. The molecule has 0 saturated heterocycles. The van der Waals surface area contributed by atoms with Gasteiger partial charge in [0.25, 0.3) is 0 Å². The monoisotopic (exact) mass is 313 g/mol. The zero-order valence-corrected chi connectivity index (χ0v) is 11.7. The normalized spacial score (nSPS) is 10.3. The lowest BCUT2D eigenvalue weighted by Crippen LogP contribution is -2.08. The van der Waals surface area contributed by atoms with Gasteiger partial charge >= 0.3 is 5.97 Å². The van der Waals surface area contributed by atoms with Crippen LogP contribution in [0.1, 0.15) is 15.9 Å². The van der Waals surface area contributed by atoms with E-state index >= 15 is 0 Å². The van der Waals surface area contributed by atoms with E-state index in [2.05, 4.69) is 0 Å². The number of carbonyl (C=O) groups excluding carboxylic acids is 1. The summed E-state index contributed by atoms with van der Waals surface area (Å²) in [7, 11) is 0. The Morgan fingerprint density at radius 2 is 1.95 bits per heavy atom. The Morgan fingerprint density at radius 1 is 1.20 bits per heavy atom. The molecule has 0 aliphatic carbocycles. The van der Waals surface area contributed by atoms with E-state index in [1.807, 2.05) is 0 Å². The standard InChI is InChI=1S/C14H10Cl2FNO2/c15-9-1-4-12(16)8(5-9)7-20-14(19)11-3-2-10(18)6-13(11)17/h1-6H,7,18H2. The van der Waals surface area contributed by atoms with Crippen molar-refractivity contribution in [1.82, 2.24) is 0 Å². The number of rotatable bonds is 3. The van der Waals surface area contributed by atoms with Crippen molar-refractivity contribution in [3.63, 3.8) is 0 Å². The zero-order chi connectivity index (χ0) is 14.7. The van der Waals surface area contributed by atoms with Gasteiger partial charge in [0.1, 0.15) is 12.4 Å². The van der Waals surface area contributed by atoms with Crippen molar-refractivity contribution in [2.45, 2.75) is 6.61 Å². The van der Waals surface area contributed by atoms with Crippen LogP contribution in [0.3, 0.4) is 0 Å². The summed E-state index contributed by atoms with van der Waals surface area (Å²) in [6.07, 6.45) is 0. The fourth-order valence-corrected chi connectivity index (χ4v) is 1.94. The Morgan fingerprint density at radius 3 is 2.65 bits per heavy atom. The minimum Gasteiger partial charge on any atom is -0.457 e. The molecule has 0 aliphatic heterocycles. The van der Waals surface area contributed by atoms with E-state index in [4.69, 9.17) is 33.7 Å². The summed E-state index contributed by atoms with van der Waals surface area (Å²) in [4.78, 5) is 11.8. The van der Waals surface area contributed by atoms with Crippen LogP contribution in [0.5, 0.6) is 0 Å². The van der Waals surface area contributed by atoms with Gasteiger partial charge in [-0.1, -0.05) is 23.2 Å². The maximum atomic E-state index is 13.5. The third-order valence-electron chi connectivity index (χ3n) is 2.58. The maximum absolute atomic E-state index is 13.5. The first-order valence-corrected chi connectivity index (χ1v) is 6.39. The highest BCUT2D eigenvalue weighted by Gasteiger charge is 2.14. The molecule has 3 nitrogen and oxygen atoms in total. The van der Waals surface area contributed by atoms with Crippen molar-refractivity contribution in [3.8, 4) is 0 Å². The minimum absolute atomic E-state index is 0.0952. The van der Waals surface area contributed by atoms with Crippen molar-refractivity contribution < 1.29 is 13.9 Å². The van der Waals surface area contributed by atoms with E-state index in [0.29, 0.717) is 15.6 Å². The van der Waals surface area contributed by atoms with E-state index in [9.17, 15) is 9.18 Å². The lowest BCUT2D eigenvalue weighted by Gasteiger charge is -2.08. The number of hydrogen-bond acceptors (Lipinski definition) is 3. The molecular formula is C14H10Cl2FNO2. The van der Waals surface area contributed by atoms with Gasteiger partial charge in [-0.2, -0.15) is 0 Å². The second kappa shape index (κ2) is 6.11. The van der Waals surface area contributed by atoms with Crippen molar-refractivity contribution >= 4 is 34.9 Å². The number of anilines is 1. The second-order valence-electron chi connectivity index (χ2n) is 4.05. The molecule has 0 saturated carbocycles. The molecule has 2 aromatic rings. The first kappa shape index (κ1) is 14.6. The number of nitrogens with two attached hydrogens (primary N) is 1. The van der Waals surface area contributed by atoms with Gasteiger partial charge in [-0.3, -0.25) is 0 Å². The van der Waals surface area contributed by atoms with Crippen LogP contribution in [0.25, 0.3) is 0 Å². The minimum atomic E-state index is -0.793. The summed E-state index contributed by atoms with van der Waals surface area (Å²) in [6.45, 7) is -0.0952. The molecule has 104 valence electrons. The van der Waals surface area contributed by atoms with Crippen molar-refractivity contribution in [1.29, 1.82) is 0 Å². The molecule has 6 heteroatoms. The molecule has 2 aromatic carbocycles. The molecule has 2 rings (SSSR count). The summed E-state index contributed by atoms with van der Waals surface area (Å²) in [5.41, 5.74) is 6.00. The van der Waals surface area contributed by atoms with Gasteiger partial charge in [0.15, 0.2) is 0 Å². The van der Waals surface area contributed by atoms with Gasteiger partial charge in [0.2, 0.25) is 0 Å². The van der Waals surface area contributed by atoms with Crippen LogP contribution in [0.2, 0.25) is 10.0 Å². The molecule has 0 atom stereocenters. The molecule has 2 N–H and O–H groups in total. The first-order valence-electron chi connectivity index (χ1n) is 5.63. The molecule has 0 heterocycles. The summed E-state index contributed by atoms with van der Waals surface area (Å²) in [5.74, 6) is -1.52. The van der Waals surface area contributed by atoms with Gasteiger partial charge in [-0.05, 0) is 36.4 Å². The Kier molecular flexibility index (Phi) is 4.47. The van der Waals surface area contributed by atoms with Crippen LogP contribution in [-0.2, 0) is 11.3 Å². The average Bonchev–Trinajstić information content (AvgIpc) is 2.39. The second-order valence-corrected chi connectivity index (χ2v) is 4.89. The highest BCUT2D eigenvalue weighted by atomic mass is 35.5. The molecule has 0 spiro atoms. The third-order valence-corrected chi connectivity index (χ3v) is 3.18. The van der Waals surface area contributed by atoms with E-state index < -0.39 is 11.8 Å². The quantitative estimate of drug-likeness (QED) is 0.686. The summed E-state index contributed by atoms with van der Waals surface area (Å²) in [6, 6.07) is 8.55. The van der Waals surface area contributed by atoms with E-state index in [1.54, 1.807) is 18.2 Å². The van der Waals surface area contributed by atoms with E-state index in [1.165, 1.54) is 12.1 Å². The van der Waals surface area contributed by atoms with Gasteiger partial charge < -0.3 is 10.5 Å².